The number of ether oxygens (including phenoxy) is 3. The molecule has 152 valence electrons. The SMILES string of the molecule is COc1ccc(C2Sc3ccccc3N=C3c4cc(C)ccc4OCC32)cc1OC. The molecule has 2 unspecified atom stereocenters. The van der Waals surface area contributed by atoms with Crippen molar-refractivity contribution in [2.24, 2.45) is 10.9 Å². The summed E-state index contributed by atoms with van der Waals surface area (Å²) >= 11 is 1.84. The second kappa shape index (κ2) is 7.73. The molecule has 0 aliphatic carbocycles. The van der Waals surface area contributed by atoms with Crippen LogP contribution >= 0.6 is 11.8 Å². The maximum absolute atomic E-state index is 6.21. The number of benzene rings is 3. The Hall–Kier alpha value is -2.92. The number of aryl methyl sites for hydroxylation is 1. The number of methoxy groups -OCH3 is 2. The van der Waals surface area contributed by atoms with Gasteiger partial charge in [-0.25, -0.2) is 0 Å². The van der Waals surface area contributed by atoms with Gasteiger partial charge in [-0.3, -0.25) is 4.99 Å². The molecule has 0 amide bonds. The quantitative estimate of drug-likeness (QED) is 0.525. The van der Waals surface area contributed by atoms with Gasteiger partial charge in [0.15, 0.2) is 11.5 Å². The summed E-state index contributed by atoms with van der Waals surface area (Å²) in [5, 5.41) is 0.140. The third-order valence-electron chi connectivity index (χ3n) is 5.64. The zero-order valence-corrected chi connectivity index (χ0v) is 18.0. The summed E-state index contributed by atoms with van der Waals surface area (Å²) in [5.41, 5.74) is 5.58. The van der Waals surface area contributed by atoms with E-state index >= 15 is 0 Å². The Morgan fingerprint density at radius 3 is 2.63 bits per heavy atom. The van der Waals surface area contributed by atoms with Crippen LogP contribution in [-0.4, -0.2) is 26.5 Å². The van der Waals surface area contributed by atoms with Gasteiger partial charge in [0.1, 0.15) is 5.75 Å². The Morgan fingerprint density at radius 2 is 1.80 bits per heavy atom. The van der Waals surface area contributed by atoms with E-state index in [1.165, 1.54) is 16.0 Å². The average Bonchev–Trinajstić information content (AvgIpc) is 2.95. The van der Waals surface area contributed by atoms with Crippen LogP contribution in [0.1, 0.15) is 21.9 Å². The first-order valence-electron chi connectivity index (χ1n) is 9.98. The van der Waals surface area contributed by atoms with Crippen molar-refractivity contribution in [3.05, 3.63) is 77.4 Å². The van der Waals surface area contributed by atoms with Gasteiger partial charge in [0, 0.05) is 15.7 Å². The first-order valence-corrected chi connectivity index (χ1v) is 10.9. The molecular weight excluding hydrogens is 394 g/mol. The van der Waals surface area contributed by atoms with Gasteiger partial charge in [0.2, 0.25) is 0 Å². The lowest BCUT2D eigenvalue weighted by atomic mass is 9.87. The number of hydrogen-bond acceptors (Lipinski definition) is 5. The minimum atomic E-state index is 0.120. The Kier molecular flexibility index (Phi) is 4.91. The summed E-state index contributed by atoms with van der Waals surface area (Å²) in [7, 11) is 3.33. The van der Waals surface area contributed by atoms with Crippen molar-refractivity contribution in [3.8, 4) is 17.2 Å². The molecule has 3 aromatic carbocycles. The molecule has 0 saturated carbocycles. The smallest absolute Gasteiger partial charge is 0.161 e. The zero-order valence-electron chi connectivity index (χ0n) is 17.2. The summed E-state index contributed by atoms with van der Waals surface area (Å²) in [4.78, 5) is 6.33. The normalized spacial score (nSPS) is 19.4. The lowest BCUT2D eigenvalue weighted by Crippen LogP contribution is -2.32. The molecule has 0 fully saturated rings. The number of thioether (sulfide) groups is 1. The van der Waals surface area contributed by atoms with Gasteiger partial charge in [0.25, 0.3) is 0 Å². The van der Waals surface area contributed by atoms with E-state index in [-0.39, 0.29) is 11.2 Å². The Balaban J connectivity index is 1.68. The molecule has 5 rings (SSSR count). The Morgan fingerprint density at radius 1 is 0.967 bits per heavy atom. The highest BCUT2D eigenvalue weighted by atomic mass is 32.2. The molecule has 0 spiro atoms. The van der Waals surface area contributed by atoms with Crippen LogP contribution < -0.4 is 14.2 Å². The van der Waals surface area contributed by atoms with Crippen LogP contribution in [0.3, 0.4) is 0 Å². The van der Waals surface area contributed by atoms with E-state index in [1.54, 1.807) is 14.2 Å². The zero-order chi connectivity index (χ0) is 20.7. The van der Waals surface area contributed by atoms with Crippen molar-refractivity contribution in [1.82, 2.24) is 0 Å². The van der Waals surface area contributed by atoms with Gasteiger partial charge in [-0.2, -0.15) is 0 Å². The minimum Gasteiger partial charge on any atom is -0.493 e. The summed E-state index contributed by atoms with van der Waals surface area (Å²) in [6.45, 7) is 2.70. The molecule has 2 aliphatic rings. The Bertz CT molecular complexity index is 1140. The van der Waals surface area contributed by atoms with E-state index < -0.39 is 0 Å². The maximum Gasteiger partial charge on any atom is 0.161 e. The molecule has 5 heteroatoms. The average molecular weight is 418 g/mol. The maximum atomic E-state index is 6.21. The number of nitrogens with zero attached hydrogens (tertiary/aromatic N) is 1. The fraction of sp³-hybridized carbons (Fsp3) is 0.240. The van der Waals surface area contributed by atoms with Crippen LogP contribution in [0.4, 0.5) is 5.69 Å². The van der Waals surface area contributed by atoms with Crippen molar-refractivity contribution >= 4 is 23.2 Å². The molecule has 0 aromatic heterocycles. The standard InChI is InChI=1S/C25H23NO3S/c1-15-8-10-20-17(12-15)24-18(14-29-20)25(30-23-7-5-4-6-19(23)26-24)16-9-11-21(27-2)22(13-16)28-3/h4-13,18,25H,14H2,1-3H3. The van der Waals surface area contributed by atoms with Gasteiger partial charge in [-0.05, 0) is 48.9 Å². The fourth-order valence-electron chi connectivity index (χ4n) is 4.13. The van der Waals surface area contributed by atoms with Crippen molar-refractivity contribution in [1.29, 1.82) is 0 Å². The van der Waals surface area contributed by atoms with Crippen LogP contribution in [0, 0.1) is 12.8 Å². The third-order valence-corrected chi connectivity index (χ3v) is 7.10. The molecule has 2 atom stereocenters. The number of rotatable bonds is 3. The molecule has 2 aliphatic heterocycles. The molecule has 30 heavy (non-hydrogen) atoms. The predicted octanol–water partition coefficient (Wildman–Crippen LogP) is 5.99. The van der Waals surface area contributed by atoms with E-state index in [0.29, 0.717) is 6.61 Å². The number of para-hydroxylation sites is 1. The first-order chi connectivity index (χ1) is 14.7. The molecule has 0 radical (unpaired) electrons. The highest BCUT2D eigenvalue weighted by Crippen LogP contribution is 2.51. The number of fused-ring (bicyclic) bond motifs is 4. The Labute approximate surface area is 180 Å². The minimum absolute atomic E-state index is 0.120. The molecular formula is C25H23NO3S. The van der Waals surface area contributed by atoms with Crippen molar-refractivity contribution < 1.29 is 14.2 Å². The van der Waals surface area contributed by atoms with E-state index in [9.17, 15) is 0 Å². The van der Waals surface area contributed by atoms with E-state index in [4.69, 9.17) is 19.2 Å². The lowest BCUT2D eigenvalue weighted by molar-refractivity contribution is 0.271. The van der Waals surface area contributed by atoms with Crippen LogP contribution in [0.2, 0.25) is 0 Å². The van der Waals surface area contributed by atoms with Gasteiger partial charge >= 0.3 is 0 Å². The van der Waals surface area contributed by atoms with E-state index in [2.05, 4.69) is 55.5 Å². The molecule has 0 bridgehead atoms. The van der Waals surface area contributed by atoms with Crippen molar-refractivity contribution in [2.75, 3.05) is 20.8 Å². The molecule has 4 nitrogen and oxygen atoms in total. The van der Waals surface area contributed by atoms with Crippen LogP contribution in [0.25, 0.3) is 0 Å². The highest BCUT2D eigenvalue weighted by Gasteiger charge is 2.37. The summed E-state index contributed by atoms with van der Waals surface area (Å²) in [6, 6.07) is 20.9. The molecule has 0 N–H and O–H groups in total. The molecule has 0 saturated heterocycles. The monoisotopic (exact) mass is 417 g/mol. The fourth-order valence-corrected chi connectivity index (χ4v) is 5.45. The molecule has 2 heterocycles. The van der Waals surface area contributed by atoms with Crippen molar-refractivity contribution in [3.63, 3.8) is 0 Å². The van der Waals surface area contributed by atoms with E-state index in [0.717, 1.165) is 34.2 Å². The van der Waals surface area contributed by atoms with Crippen LogP contribution in [-0.2, 0) is 0 Å². The summed E-state index contributed by atoms with van der Waals surface area (Å²) < 4.78 is 17.2. The van der Waals surface area contributed by atoms with Crippen LogP contribution in [0.5, 0.6) is 17.2 Å². The third kappa shape index (κ3) is 3.23. The van der Waals surface area contributed by atoms with E-state index in [1.807, 2.05) is 23.9 Å². The summed E-state index contributed by atoms with van der Waals surface area (Å²) in [5.74, 6) is 2.50. The second-order valence-electron chi connectivity index (χ2n) is 7.53. The molecule has 3 aromatic rings. The van der Waals surface area contributed by atoms with Gasteiger partial charge in [-0.15, -0.1) is 11.8 Å². The van der Waals surface area contributed by atoms with Gasteiger partial charge in [-0.1, -0.05) is 29.8 Å². The van der Waals surface area contributed by atoms with Crippen molar-refractivity contribution in [2.45, 2.75) is 17.1 Å². The van der Waals surface area contributed by atoms with Gasteiger partial charge in [0.05, 0.1) is 38.1 Å². The summed E-state index contributed by atoms with van der Waals surface area (Å²) in [6.07, 6.45) is 0. The lowest BCUT2D eigenvalue weighted by Gasteiger charge is -2.32. The largest absolute Gasteiger partial charge is 0.493 e. The number of hydrogen-bond donors (Lipinski definition) is 0. The predicted molar refractivity (Wildman–Crippen MR) is 121 cm³/mol. The topological polar surface area (TPSA) is 40.0 Å². The van der Waals surface area contributed by atoms with Crippen LogP contribution in [0.15, 0.2) is 70.6 Å². The van der Waals surface area contributed by atoms with Gasteiger partial charge < -0.3 is 14.2 Å². The highest BCUT2D eigenvalue weighted by molar-refractivity contribution is 7.99. The number of aliphatic imine (C=N–C) groups is 1. The first kappa shape index (κ1) is 19.1. The second-order valence-corrected chi connectivity index (χ2v) is 8.72.